The summed E-state index contributed by atoms with van der Waals surface area (Å²) in [6.07, 6.45) is 6.47. The molecule has 1 aliphatic heterocycles. The summed E-state index contributed by atoms with van der Waals surface area (Å²) in [6.45, 7) is 7.06. The number of nitrogens with two attached hydrogens (primary N) is 1. The van der Waals surface area contributed by atoms with Gasteiger partial charge >= 0.3 is 0 Å². The molecule has 0 bridgehead atoms. The van der Waals surface area contributed by atoms with Crippen molar-refractivity contribution in [2.45, 2.75) is 56.4 Å². The highest BCUT2D eigenvalue weighted by atomic mass is 32.2. The molecule has 1 saturated heterocycles. The molecule has 5 rings (SSSR count). The van der Waals surface area contributed by atoms with Crippen molar-refractivity contribution in [2.75, 3.05) is 17.2 Å². The second kappa shape index (κ2) is 8.33. The van der Waals surface area contributed by atoms with Crippen molar-refractivity contribution in [3.63, 3.8) is 0 Å². The van der Waals surface area contributed by atoms with Gasteiger partial charge in [-0.1, -0.05) is 6.92 Å². The Morgan fingerprint density at radius 3 is 2.60 bits per heavy atom. The first-order valence-electron chi connectivity index (χ1n) is 11.7. The Kier molecular flexibility index (Phi) is 5.54. The monoisotopic (exact) mass is 495 g/mol. The number of sulfonamides is 1. The zero-order valence-electron chi connectivity index (χ0n) is 20.0. The topological polar surface area (TPSA) is 136 Å². The van der Waals surface area contributed by atoms with E-state index in [0.717, 1.165) is 25.0 Å². The van der Waals surface area contributed by atoms with Gasteiger partial charge in [0.05, 0.1) is 11.3 Å². The van der Waals surface area contributed by atoms with Gasteiger partial charge in [-0.15, -0.1) is 0 Å². The fraction of sp³-hybridized carbons (Fsp3) is 0.417. The van der Waals surface area contributed by atoms with E-state index in [1.165, 1.54) is 18.3 Å². The van der Waals surface area contributed by atoms with Gasteiger partial charge in [0.1, 0.15) is 16.5 Å². The Labute approximate surface area is 204 Å². The number of carbonyl (C=O) groups is 1. The zero-order chi connectivity index (χ0) is 25.0. The number of nitrogen functional groups attached to an aromatic ring is 1. The Balaban J connectivity index is 1.54. The van der Waals surface area contributed by atoms with Gasteiger partial charge in [0.2, 0.25) is 0 Å². The maximum absolute atomic E-state index is 13.3. The normalized spacial score (nSPS) is 19.6. The Morgan fingerprint density at radius 2 is 1.94 bits per heavy atom. The van der Waals surface area contributed by atoms with Crippen LogP contribution in [-0.4, -0.2) is 46.2 Å². The van der Waals surface area contributed by atoms with Crippen LogP contribution in [-0.2, 0) is 10.0 Å². The van der Waals surface area contributed by atoms with Crippen LogP contribution in [0.4, 0.5) is 11.6 Å². The number of rotatable bonds is 6. The molecule has 2 fully saturated rings. The number of nitrogens with one attached hydrogen (secondary N) is 1. The second-order valence-electron chi connectivity index (χ2n) is 9.82. The summed E-state index contributed by atoms with van der Waals surface area (Å²) >= 11 is 0. The zero-order valence-corrected chi connectivity index (χ0v) is 20.8. The number of anilines is 2. The first-order valence-corrected chi connectivity index (χ1v) is 13.2. The molecule has 3 aromatic rings. The molecule has 4 heterocycles. The maximum atomic E-state index is 13.3. The minimum atomic E-state index is -4.23. The summed E-state index contributed by atoms with van der Waals surface area (Å²) in [5.41, 5.74) is 6.66. The number of amides is 1. The van der Waals surface area contributed by atoms with Gasteiger partial charge in [-0.3, -0.25) is 4.79 Å². The molecule has 184 valence electrons. The van der Waals surface area contributed by atoms with Crippen LogP contribution < -0.4 is 15.4 Å². The van der Waals surface area contributed by atoms with Crippen molar-refractivity contribution in [1.29, 1.82) is 0 Å². The van der Waals surface area contributed by atoms with Crippen LogP contribution in [0.2, 0.25) is 0 Å². The van der Waals surface area contributed by atoms with Crippen LogP contribution in [0.1, 0.15) is 62.0 Å². The number of hydrogen-bond acceptors (Lipinski definition) is 8. The van der Waals surface area contributed by atoms with E-state index in [1.54, 1.807) is 16.8 Å². The van der Waals surface area contributed by atoms with E-state index in [4.69, 9.17) is 10.7 Å². The maximum Gasteiger partial charge on any atom is 0.268 e. The quantitative estimate of drug-likeness (QED) is 0.533. The van der Waals surface area contributed by atoms with Crippen molar-refractivity contribution < 1.29 is 13.2 Å². The molecule has 11 heteroatoms. The number of aromatic nitrogens is 4. The third-order valence-electron chi connectivity index (χ3n) is 7.20. The molecule has 0 radical (unpaired) electrons. The standard InChI is InChI=1S/C24H29N7O3S/c1-15-10-13-30(24(15,2)3)22-17(23(32)29-35(33,34)19-5-4-12-26-21(19)25)8-9-20(27-22)31-14-11-18(28-31)16-6-7-16/h4-5,8-9,11-12,14-16H,6-7,10,13H2,1-3H3,(H2,25,26)(H,29,32). The molecule has 1 unspecified atom stereocenters. The van der Waals surface area contributed by atoms with Gasteiger partial charge in [-0.25, -0.2) is 27.8 Å². The summed E-state index contributed by atoms with van der Waals surface area (Å²) < 4.78 is 29.7. The van der Waals surface area contributed by atoms with Crippen LogP contribution in [0.15, 0.2) is 47.6 Å². The summed E-state index contributed by atoms with van der Waals surface area (Å²) in [5.74, 6) is 0.890. The summed E-state index contributed by atoms with van der Waals surface area (Å²) in [4.78, 5) is 23.8. The lowest BCUT2D eigenvalue weighted by Crippen LogP contribution is -2.44. The van der Waals surface area contributed by atoms with Gasteiger partial charge in [0.25, 0.3) is 15.9 Å². The Morgan fingerprint density at radius 1 is 1.17 bits per heavy atom. The molecule has 3 aromatic heterocycles. The van der Waals surface area contributed by atoms with Gasteiger partial charge < -0.3 is 10.6 Å². The van der Waals surface area contributed by atoms with Crippen molar-refractivity contribution in [3.05, 3.63) is 54.0 Å². The van der Waals surface area contributed by atoms with E-state index in [9.17, 15) is 13.2 Å². The number of nitrogens with zero attached hydrogens (tertiary/aromatic N) is 5. The van der Waals surface area contributed by atoms with Crippen LogP contribution in [0, 0.1) is 5.92 Å². The van der Waals surface area contributed by atoms with Crippen LogP contribution >= 0.6 is 0 Å². The van der Waals surface area contributed by atoms with E-state index in [1.807, 2.05) is 12.3 Å². The molecular weight excluding hydrogens is 466 g/mol. The minimum absolute atomic E-state index is 0.163. The van der Waals surface area contributed by atoms with E-state index >= 15 is 0 Å². The van der Waals surface area contributed by atoms with E-state index in [0.29, 0.717) is 30.0 Å². The average molecular weight is 496 g/mol. The SMILES string of the molecule is CC1CCN(c2nc(-n3ccc(C4CC4)n3)ccc2C(=O)NS(=O)(=O)c2cccnc2N)C1(C)C. The fourth-order valence-corrected chi connectivity index (χ4v) is 5.53. The van der Waals surface area contributed by atoms with Crippen LogP contribution in [0.25, 0.3) is 5.82 Å². The lowest BCUT2D eigenvalue weighted by atomic mass is 9.90. The second-order valence-corrected chi connectivity index (χ2v) is 11.5. The summed E-state index contributed by atoms with van der Waals surface area (Å²) in [7, 11) is -4.23. The van der Waals surface area contributed by atoms with Crippen LogP contribution in [0.3, 0.4) is 0 Å². The molecule has 1 aliphatic carbocycles. The van der Waals surface area contributed by atoms with E-state index < -0.39 is 15.9 Å². The third-order valence-corrected chi connectivity index (χ3v) is 8.58. The molecule has 0 spiro atoms. The summed E-state index contributed by atoms with van der Waals surface area (Å²) in [5, 5.41) is 4.66. The van der Waals surface area contributed by atoms with Crippen molar-refractivity contribution in [3.8, 4) is 5.82 Å². The highest BCUT2D eigenvalue weighted by molar-refractivity contribution is 7.90. The molecule has 10 nitrogen and oxygen atoms in total. The van der Waals surface area contributed by atoms with Crippen molar-refractivity contribution in [1.82, 2.24) is 24.5 Å². The highest BCUT2D eigenvalue weighted by Gasteiger charge is 2.41. The highest BCUT2D eigenvalue weighted by Crippen LogP contribution is 2.40. The molecule has 2 aliphatic rings. The van der Waals surface area contributed by atoms with Gasteiger partial charge in [-0.2, -0.15) is 5.10 Å². The third kappa shape index (κ3) is 4.24. The predicted octanol–water partition coefficient (Wildman–Crippen LogP) is 2.87. The van der Waals surface area contributed by atoms with Crippen molar-refractivity contribution >= 4 is 27.6 Å². The van der Waals surface area contributed by atoms with E-state index in [2.05, 4.69) is 40.5 Å². The lowest BCUT2D eigenvalue weighted by molar-refractivity contribution is 0.0981. The molecule has 3 N–H and O–H groups in total. The fourth-order valence-electron chi connectivity index (χ4n) is 4.48. The first kappa shape index (κ1) is 23.3. The predicted molar refractivity (Wildman–Crippen MR) is 132 cm³/mol. The largest absolute Gasteiger partial charge is 0.383 e. The molecule has 1 saturated carbocycles. The number of pyridine rings is 2. The van der Waals surface area contributed by atoms with Crippen molar-refractivity contribution in [2.24, 2.45) is 5.92 Å². The molecular formula is C24H29N7O3S. The lowest BCUT2D eigenvalue weighted by Gasteiger charge is -2.36. The van der Waals surface area contributed by atoms with Gasteiger partial charge in [0, 0.05) is 30.4 Å². The summed E-state index contributed by atoms with van der Waals surface area (Å²) in [6, 6.07) is 8.03. The smallest absolute Gasteiger partial charge is 0.268 e. The molecule has 0 aromatic carbocycles. The average Bonchev–Trinajstić information content (AvgIpc) is 3.47. The van der Waals surface area contributed by atoms with Gasteiger partial charge in [0.15, 0.2) is 5.82 Å². The molecule has 1 atom stereocenters. The minimum Gasteiger partial charge on any atom is -0.383 e. The van der Waals surface area contributed by atoms with E-state index in [-0.39, 0.29) is 21.8 Å². The Bertz CT molecular complexity index is 1400. The van der Waals surface area contributed by atoms with Crippen LogP contribution in [0.5, 0.6) is 0 Å². The number of carbonyl (C=O) groups excluding carboxylic acids is 1. The number of hydrogen-bond donors (Lipinski definition) is 2. The molecule has 35 heavy (non-hydrogen) atoms. The Hall–Kier alpha value is -3.47. The van der Waals surface area contributed by atoms with Gasteiger partial charge in [-0.05, 0) is 69.4 Å². The molecule has 1 amide bonds. The first-order chi connectivity index (χ1) is 16.6.